The van der Waals surface area contributed by atoms with Crippen molar-refractivity contribution >= 4 is 60.8 Å². The number of nitrogens with one attached hydrogen (secondary N) is 1. The Morgan fingerprint density at radius 1 is 0.675 bits per heavy atom. The molecule has 0 aliphatic heterocycles. The zero-order chi connectivity index (χ0) is 55.7. The summed E-state index contributed by atoms with van der Waals surface area (Å²) in [6.07, 6.45) is 32.2. The fourth-order valence-electron chi connectivity index (χ4n) is 9.24. The molecule has 77 heavy (non-hydrogen) atoms. The van der Waals surface area contributed by atoms with Gasteiger partial charge in [0.15, 0.2) is 0 Å². The number of hydrogen-bond donors (Lipinski definition) is 1. The maximum Gasteiger partial charge on any atom is 0.0802 e. The first-order chi connectivity index (χ1) is 37.6. The van der Waals surface area contributed by atoms with E-state index in [-0.39, 0.29) is 0 Å². The molecule has 0 spiro atoms. The lowest BCUT2D eigenvalue weighted by Crippen LogP contribution is -1.98. The van der Waals surface area contributed by atoms with Crippen molar-refractivity contribution in [3.63, 3.8) is 0 Å². The maximum absolute atomic E-state index is 4.81. The van der Waals surface area contributed by atoms with Gasteiger partial charge in [-0.1, -0.05) is 209 Å². The molecule has 0 fully saturated rings. The van der Waals surface area contributed by atoms with Gasteiger partial charge in [0.05, 0.1) is 11.0 Å². The van der Waals surface area contributed by atoms with E-state index in [1.165, 1.54) is 44.1 Å². The molecule has 3 aromatic heterocycles. The van der Waals surface area contributed by atoms with Crippen molar-refractivity contribution in [3.05, 3.63) is 248 Å². The van der Waals surface area contributed by atoms with E-state index in [2.05, 4.69) is 214 Å². The van der Waals surface area contributed by atoms with Crippen LogP contribution >= 0.6 is 0 Å². The normalized spacial score (nSPS) is 12.4. The first kappa shape index (κ1) is 59.8. The molecule has 4 heteroatoms. The molecule has 1 N–H and O–H groups in total. The van der Waals surface area contributed by atoms with E-state index in [0.717, 1.165) is 92.6 Å². The molecule has 3 heterocycles. The minimum absolute atomic E-state index is 0.505. The molecule has 0 aliphatic rings. The van der Waals surface area contributed by atoms with Crippen LogP contribution in [0.2, 0.25) is 0 Å². The van der Waals surface area contributed by atoms with Crippen molar-refractivity contribution in [2.45, 2.75) is 109 Å². The zero-order valence-corrected chi connectivity index (χ0v) is 48.3. The van der Waals surface area contributed by atoms with Crippen LogP contribution in [0.15, 0.2) is 231 Å². The third-order valence-electron chi connectivity index (χ3n) is 13.3. The van der Waals surface area contributed by atoms with Crippen LogP contribution in [-0.4, -0.2) is 14.5 Å². The molecule has 1 atom stereocenters. The number of rotatable bonds is 18. The topological polar surface area (TPSA) is 42.7 Å². The number of aryl methyl sites for hydroxylation is 1. The van der Waals surface area contributed by atoms with Crippen LogP contribution < -0.4 is 5.32 Å². The Hall–Kier alpha value is -8.08. The summed E-state index contributed by atoms with van der Waals surface area (Å²) in [5.74, 6) is 0.505. The standard InChI is InChI=1S/C51H50N4.C18H22.2C2H6/c1-7-11-12-16-36(6)46-32-39(40-21-24-45-49(33-40)55(10-4)48-26-23-38-17-14-28-53-51(38)50(45)48)22-25-47(46)54-44-30-42(37(15-8-2)20-19-35(5)9-3)29-43(31-44)41-18-13-27-52-34-41;1-5-11-16(6-2)15(4)14-17(7-3)18-12-9-8-10-13-18;2*1-2/h7,11-35,54H,6,8-10H2,1-5H3;5-6,8-14H,4,7H2,1-3H3;2*1-2H3/b11-7-,16-12-,20-19-,37-15+;11-5-,16-6+,17-14+;;. The zero-order valence-electron chi connectivity index (χ0n) is 48.3. The highest BCUT2D eigenvalue weighted by atomic mass is 15.0. The molecule has 4 nitrogen and oxygen atoms in total. The summed E-state index contributed by atoms with van der Waals surface area (Å²) in [4.78, 5) is 9.25. The third kappa shape index (κ3) is 15.5. The molecular weight excluding hydrogens is 933 g/mol. The second-order valence-electron chi connectivity index (χ2n) is 18.3. The Labute approximate surface area is 463 Å². The van der Waals surface area contributed by atoms with Gasteiger partial charge in [0.1, 0.15) is 0 Å². The largest absolute Gasteiger partial charge is 0.355 e. The average Bonchev–Trinajstić information content (AvgIpc) is 4.02. The van der Waals surface area contributed by atoms with Gasteiger partial charge in [0.2, 0.25) is 0 Å². The van der Waals surface area contributed by atoms with Crippen molar-refractivity contribution in [2.75, 3.05) is 5.32 Å². The highest BCUT2D eigenvalue weighted by molar-refractivity contribution is 6.19. The molecule has 396 valence electrons. The predicted octanol–water partition coefficient (Wildman–Crippen LogP) is 22.0. The first-order valence-corrected chi connectivity index (χ1v) is 28.0. The average molecular weight is 1020 g/mol. The number of fused-ring (bicyclic) bond motifs is 5. The summed E-state index contributed by atoms with van der Waals surface area (Å²) >= 11 is 0. The van der Waals surface area contributed by atoms with Gasteiger partial charge in [-0.2, -0.15) is 0 Å². The van der Waals surface area contributed by atoms with Crippen LogP contribution in [0, 0.1) is 5.92 Å². The minimum atomic E-state index is 0.505. The number of anilines is 2. The van der Waals surface area contributed by atoms with Crippen LogP contribution in [0.3, 0.4) is 0 Å². The molecule has 8 aromatic rings. The minimum Gasteiger partial charge on any atom is -0.355 e. The van der Waals surface area contributed by atoms with Crippen molar-refractivity contribution in [2.24, 2.45) is 5.92 Å². The Bertz CT molecular complexity index is 3420. The number of pyridine rings is 2. The maximum atomic E-state index is 4.81. The molecule has 0 amide bonds. The monoisotopic (exact) mass is 1020 g/mol. The molecule has 0 aliphatic carbocycles. The van der Waals surface area contributed by atoms with Gasteiger partial charge in [0.25, 0.3) is 0 Å². The summed E-state index contributed by atoms with van der Waals surface area (Å²) in [5, 5.41) is 7.43. The van der Waals surface area contributed by atoms with Gasteiger partial charge in [-0.05, 0) is 157 Å². The lowest BCUT2D eigenvalue weighted by atomic mass is 9.95. The lowest BCUT2D eigenvalue weighted by Gasteiger charge is -2.17. The summed E-state index contributed by atoms with van der Waals surface area (Å²) in [7, 11) is 0. The smallest absolute Gasteiger partial charge is 0.0802 e. The van der Waals surface area contributed by atoms with Gasteiger partial charge in [-0.15, -0.1) is 0 Å². The molecule has 0 saturated heterocycles. The van der Waals surface area contributed by atoms with E-state index in [1.54, 1.807) is 0 Å². The lowest BCUT2D eigenvalue weighted by molar-refractivity contribution is 0.698. The molecule has 0 bridgehead atoms. The quantitative estimate of drug-likeness (QED) is 0.0871. The van der Waals surface area contributed by atoms with Crippen molar-refractivity contribution in [1.82, 2.24) is 14.5 Å². The molecule has 0 saturated carbocycles. The Morgan fingerprint density at radius 2 is 1.43 bits per heavy atom. The highest BCUT2D eigenvalue weighted by Crippen LogP contribution is 2.39. The van der Waals surface area contributed by atoms with E-state index >= 15 is 0 Å². The Balaban J connectivity index is 0.000000419. The Morgan fingerprint density at radius 3 is 2.10 bits per heavy atom. The summed E-state index contributed by atoms with van der Waals surface area (Å²) in [6, 6.07) is 43.4. The second kappa shape index (κ2) is 31.1. The van der Waals surface area contributed by atoms with Crippen LogP contribution in [0.25, 0.3) is 71.7 Å². The predicted molar refractivity (Wildman–Crippen MR) is 344 cm³/mol. The van der Waals surface area contributed by atoms with Gasteiger partial charge < -0.3 is 9.88 Å². The van der Waals surface area contributed by atoms with Crippen molar-refractivity contribution in [3.8, 4) is 22.3 Å². The van der Waals surface area contributed by atoms with Crippen molar-refractivity contribution < 1.29 is 0 Å². The van der Waals surface area contributed by atoms with Gasteiger partial charge >= 0.3 is 0 Å². The van der Waals surface area contributed by atoms with Crippen molar-refractivity contribution in [1.29, 1.82) is 0 Å². The summed E-state index contributed by atoms with van der Waals surface area (Å²) < 4.78 is 2.41. The molecular formula is C73H84N4. The number of allylic oxidation sites excluding steroid dienone is 16. The number of nitrogens with zero attached hydrogens (tertiary/aromatic N) is 3. The van der Waals surface area contributed by atoms with Crippen LogP contribution in [0.5, 0.6) is 0 Å². The van der Waals surface area contributed by atoms with Crippen LogP contribution in [-0.2, 0) is 6.54 Å². The second-order valence-corrected chi connectivity index (χ2v) is 18.3. The summed E-state index contributed by atoms with van der Waals surface area (Å²) in [5.41, 5.74) is 19.1. The van der Waals surface area contributed by atoms with Gasteiger partial charge in [-0.25, -0.2) is 0 Å². The number of aromatic nitrogens is 3. The third-order valence-corrected chi connectivity index (χ3v) is 13.3. The molecule has 1 unspecified atom stereocenters. The van der Waals surface area contributed by atoms with E-state index in [9.17, 15) is 0 Å². The van der Waals surface area contributed by atoms with E-state index in [1.807, 2.05) is 103 Å². The van der Waals surface area contributed by atoms with Crippen LogP contribution in [0.4, 0.5) is 11.4 Å². The van der Waals surface area contributed by atoms with E-state index in [0.29, 0.717) is 5.92 Å². The van der Waals surface area contributed by atoms with E-state index < -0.39 is 0 Å². The summed E-state index contributed by atoms with van der Waals surface area (Å²) in [6.45, 7) is 34.8. The number of benzene rings is 5. The molecule has 8 rings (SSSR count). The van der Waals surface area contributed by atoms with E-state index in [4.69, 9.17) is 4.98 Å². The fourth-order valence-corrected chi connectivity index (χ4v) is 9.24. The molecule has 5 aromatic carbocycles. The molecule has 0 radical (unpaired) electrons. The van der Waals surface area contributed by atoms with Gasteiger partial charge in [-0.3, -0.25) is 9.97 Å². The van der Waals surface area contributed by atoms with Crippen LogP contribution in [0.1, 0.15) is 119 Å². The SMILES string of the molecule is C=C(/C=C(\CC)c1ccccc1)C(/C=C\C)=C/C.C=C(/C=C\C=C/C)c1cc(-c2ccc3c4c5ncccc5ccc4n(CC)c3c2)ccc1Nc1cc(C(/C=C\C(C)CC)=C/CC)cc(-c2cccnc2)c1.CC.CC. The highest BCUT2D eigenvalue weighted by Gasteiger charge is 2.16. The fraction of sp³-hybridized carbons (Fsp3) is 0.233. The van der Waals surface area contributed by atoms with Gasteiger partial charge in [0, 0.05) is 69.3 Å². The Kier molecular flexibility index (Phi) is 24.1. The first-order valence-electron chi connectivity index (χ1n) is 28.0. The number of hydrogen-bond acceptors (Lipinski definition) is 3.